The third-order valence-corrected chi connectivity index (χ3v) is 6.97. The Bertz CT molecular complexity index is 1040. The second-order valence-corrected chi connectivity index (χ2v) is 8.55. The number of hydrogen-bond donors (Lipinski definition) is 0. The van der Waals surface area contributed by atoms with Gasteiger partial charge in [-0.05, 0) is 38.1 Å². The molecule has 0 spiro atoms. The summed E-state index contributed by atoms with van der Waals surface area (Å²) < 4.78 is 27.7. The molecule has 8 heteroatoms. The number of rotatable bonds is 7. The first-order valence-corrected chi connectivity index (χ1v) is 11.1. The largest absolute Gasteiger partial charge is 0.343 e. The van der Waals surface area contributed by atoms with Gasteiger partial charge in [0.15, 0.2) is 5.16 Å². The standard InChI is InChI=1S/C19H21N3O3S2/c1-3-21(4-2)18(23)14-26-19-20-16-12-8-9-13-17(16)22(19)27(24,25)15-10-6-5-7-11-15/h5-13H,3-4,14H2,1-2H3. The number of fused-ring (bicyclic) bond motifs is 1. The normalized spacial score (nSPS) is 11.6. The highest BCUT2D eigenvalue weighted by Gasteiger charge is 2.25. The lowest BCUT2D eigenvalue weighted by atomic mass is 10.3. The van der Waals surface area contributed by atoms with Gasteiger partial charge in [-0.25, -0.2) is 17.4 Å². The van der Waals surface area contributed by atoms with Crippen molar-refractivity contribution in [1.29, 1.82) is 0 Å². The van der Waals surface area contributed by atoms with Crippen LogP contribution in [0, 0.1) is 0 Å². The van der Waals surface area contributed by atoms with Gasteiger partial charge in [0, 0.05) is 13.1 Å². The number of hydrogen-bond acceptors (Lipinski definition) is 5. The number of aromatic nitrogens is 2. The molecule has 2 aromatic carbocycles. The van der Waals surface area contributed by atoms with Gasteiger partial charge >= 0.3 is 0 Å². The smallest absolute Gasteiger partial charge is 0.270 e. The molecule has 3 rings (SSSR count). The third kappa shape index (κ3) is 3.86. The van der Waals surface area contributed by atoms with Crippen LogP contribution in [0.3, 0.4) is 0 Å². The SMILES string of the molecule is CCN(CC)C(=O)CSc1nc2ccccc2n1S(=O)(=O)c1ccccc1. The van der Waals surface area contributed by atoms with Gasteiger partial charge in [0.1, 0.15) is 0 Å². The molecule has 1 amide bonds. The first-order valence-electron chi connectivity index (χ1n) is 8.67. The Morgan fingerprint density at radius 1 is 1.04 bits per heavy atom. The highest BCUT2D eigenvalue weighted by Crippen LogP contribution is 2.29. The lowest BCUT2D eigenvalue weighted by Gasteiger charge is -2.18. The summed E-state index contributed by atoms with van der Waals surface area (Å²) in [5.74, 6) is 0.0932. The maximum atomic E-state index is 13.2. The number of imidazole rings is 1. The van der Waals surface area contributed by atoms with Crippen LogP contribution in [-0.4, -0.2) is 47.0 Å². The van der Waals surface area contributed by atoms with E-state index in [0.29, 0.717) is 29.3 Å². The van der Waals surface area contributed by atoms with Crippen LogP contribution in [0.2, 0.25) is 0 Å². The minimum atomic E-state index is -3.82. The van der Waals surface area contributed by atoms with Crippen LogP contribution in [0.4, 0.5) is 0 Å². The predicted molar refractivity (Wildman–Crippen MR) is 107 cm³/mol. The molecule has 0 atom stereocenters. The Kier molecular flexibility index (Phi) is 5.86. The van der Waals surface area contributed by atoms with Gasteiger partial charge in [0.05, 0.1) is 21.7 Å². The van der Waals surface area contributed by atoms with Crippen LogP contribution in [0.5, 0.6) is 0 Å². The van der Waals surface area contributed by atoms with Crippen molar-refractivity contribution in [2.45, 2.75) is 23.9 Å². The highest BCUT2D eigenvalue weighted by atomic mass is 32.2. The average molecular weight is 404 g/mol. The van der Waals surface area contributed by atoms with Crippen molar-refractivity contribution in [1.82, 2.24) is 13.9 Å². The van der Waals surface area contributed by atoms with E-state index in [9.17, 15) is 13.2 Å². The molecule has 0 aliphatic carbocycles. The quantitative estimate of drug-likeness (QED) is 0.566. The lowest BCUT2D eigenvalue weighted by molar-refractivity contribution is -0.127. The zero-order valence-electron chi connectivity index (χ0n) is 15.2. The van der Waals surface area contributed by atoms with Gasteiger partial charge < -0.3 is 4.90 Å². The summed E-state index contributed by atoms with van der Waals surface area (Å²) in [5.41, 5.74) is 1.08. The molecule has 0 bridgehead atoms. The number of amides is 1. The molecule has 1 heterocycles. The molecule has 0 fully saturated rings. The summed E-state index contributed by atoms with van der Waals surface area (Å²) in [6.45, 7) is 5.07. The van der Waals surface area contributed by atoms with E-state index in [1.165, 1.54) is 3.97 Å². The monoisotopic (exact) mass is 403 g/mol. The fraction of sp³-hybridized carbons (Fsp3) is 0.263. The Labute approximate surface area is 163 Å². The van der Waals surface area contributed by atoms with Gasteiger partial charge in [0.25, 0.3) is 10.0 Å². The van der Waals surface area contributed by atoms with Gasteiger partial charge in [0.2, 0.25) is 5.91 Å². The molecular weight excluding hydrogens is 382 g/mol. The van der Waals surface area contributed by atoms with E-state index in [4.69, 9.17) is 0 Å². The van der Waals surface area contributed by atoms with Crippen LogP contribution in [0.1, 0.15) is 13.8 Å². The number of carbonyl (C=O) groups is 1. The second kappa shape index (κ2) is 8.14. The van der Waals surface area contributed by atoms with Crippen LogP contribution in [-0.2, 0) is 14.8 Å². The van der Waals surface area contributed by atoms with Crippen molar-refractivity contribution in [2.24, 2.45) is 0 Å². The molecule has 3 aromatic rings. The lowest BCUT2D eigenvalue weighted by Crippen LogP contribution is -2.32. The fourth-order valence-corrected chi connectivity index (χ4v) is 5.43. The molecule has 6 nitrogen and oxygen atoms in total. The number of benzene rings is 2. The minimum absolute atomic E-state index is 0.0410. The summed E-state index contributed by atoms with van der Waals surface area (Å²) in [5, 5.41) is 0.292. The van der Waals surface area contributed by atoms with Crippen molar-refractivity contribution in [3.8, 4) is 0 Å². The first kappa shape index (κ1) is 19.4. The van der Waals surface area contributed by atoms with Crippen molar-refractivity contribution < 1.29 is 13.2 Å². The average Bonchev–Trinajstić information content (AvgIpc) is 3.07. The van der Waals surface area contributed by atoms with E-state index in [1.54, 1.807) is 53.4 Å². The number of carbonyl (C=O) groups excluding carboxylic acids is 1. The molecule has 0 aliphatic heterocycles. The van der Waals surface area contributed by atoms with E-state index in [-0.39, 0.29) is 16.6 Å². The number of nitrogens with zero attached hydrogens (tertiary/aromatic N) is 3. The summed E-state index contributed by atoms with van der Waals surface area (Å²) in [4.78, 5) is 18.7. The molecule has 0 radical (unpaired) electrons. The van der Waals surface area contributed by atoms with Crippen LogP contribution in [0.25, 0.3) is 11.0 Å². The molecule has 0 saturated carbocycles. The molecular formula is C19H21N3O3S2. The maximum Gasteiger partial charge on any atom is 0.270 e. The molecule has 0 aliphatic rings. The number of para-hydroxylation sites is 2. The Morgan fingerprint density at radius 2 is 1.67 bits per heavy atom. The predicted octanol–water partition coefficient (Wildman–Crippen LogP) is 3.23. The highest BCUT2D eigenvalue weighted by molar-refractivity contribution is 8.00. The summed E-state index contributed by atoms with van der Waals surface area (Å²) in [6.07, 6.45) is 0. The maximum absolute atomic E-state index is 13.2. The van der Waals surface area contributed by atoms with Crippen LogP contribution >= 0.6 is 11.8 Å². The summed E-state index contributed by atoms with van der Waals surface area (Å²) in [6, 6.07) is 15.3. The minimum Gasteiger partial charge on any atom is -0.343 e. The van der Waals surface area contributed by atoms with Gasteiger partial charge in [-0.15, -0.1) is 0 Å². The van der Waals surface area contributed by atoms with Crippen molar-refractivity contribution in [3.63, 3.8) is 0 Å². The van der Waals surface area contributed by atoms with Crippen molar-refractivity contribution in [2.75, 3.05) is 18.8 Å². The van der Waals surface area contributed by atoms with E-state index in [2.05, 4.69) is 4.98 Å². The first-order chi connectivity index (χ1) is 13.0. The van der Waals surface area contributed by atoms with E-state index in [1.807, 2.05) is 19.9 Å². The van der Waals surface area contributed by atoms with Gasteiger partial charge in [-0.3, -0.25) is 4.79 Å². The van der Waals surface area contributed by atoms with Gasteiger partial charge in [-0.2, -0.15) is 0 Å². The second-order valence-electron chi connectivity index (χ2n) is 5.82. The van der Waals surface area contributed by atoms with Crippen molar-refractivity contribution in [3.05, 3.63) is 54.6 Å². The molecule has 142 valence electrons. The van der Waals surface area contributed by atoms with Crippen LogP contribution in [0.15, 0.2) is 64.6 Å². The Hall–Kier alpha value is -2.32. The van der Waals surface area contributed by atoms with Crippen molar-refractivity contribution >= 4 is 38.7 Å². The molecule has 1 aromatic heterocycles. The number of thioether (sulfide) groups is 1. The zero-order chi connectivity index (χ0) is 19.4. The Balaban J connectivity index is 2.04. The van der Waals surface area contributed by atoms with Crippen LogP contribution < -0.4 is 0 Å². The third-order valence-electron chi connectivity index (χ3n) is 4.21. The topological polar surface area (TPSA) is 72.3 Å². The zero-order valence-corrected chi connectivity index (χ0v) is 16.8. The molecule has 27 heavy (non-hydrogen) atoms. The summed E-state index contributed by atoms with van der Waals surface area (Å²) in [7, 11) is -3.82. The van der Waals surface area contributed by atoms with E-state index >= 15 is 0 Å². The fourth-order valence-electron chi connectivity index (χ4n) is 2.80. The summed E-state index contributed by atoms with van der Waals surface area (Å²) >= 11 is 1.14. The van der Waals surface area contributed by atoms with Gasteiger partial charge in [-0.1, -0.05) is 42.1 Å². The molecule has 0 unspecified atom stereocenters. The molecule has 0 N–H and O–H groups in total. The van der Waals surface area contributed by atoms with E-state index < -0.39 is 10.0 Å². The Morgan fingerprint density at radius 3 is 2.33 bits per heavy atom. The van der Waals surface area contributed by atoms with E-state index in [0.717, 1.165) is 11.8 Å². The molecule has 0 saturated heterocycles.